The molecule has 1 N–H and O–H groups in total. The number of nitrogens with zero attached hydrogens (tertiary/aromatic N) is 1. The molecular weight excluding hydrogens is 332 g/mol. The molecule has 0 spiro atoms. The zero-order valence-electron chi connectivity index (χ0n) is 15.1. The van der Waals surface area contributed by atoms with Crippen molar-refractivity contribution in [3.05, 3.63) is 54.6 Å². The average molecular weight is 356 g/mol. The third kappa shape index (κ3) is 5.10. The molecule has 0 atom stereocenters. The van der Waals surface area contributed by atoms with E-state index < -0.39 is 17.4 Å². The van der Waals surface area contributed by atoms with E-state index in [1.807, 2.05) is 82.3 Å². The van der Waals surface area contributed by atoms with E-state index in [0.29, 0.717) is 12.2 Å². The van der Waals surface area contributed by atoms with Crippen LogP contribution in [0, 0.1) is 0 Å². The minimum Gasteiger partial charge on any atom is -0.330 e. The summed E-state index contributed by atoms with van der Waals surface area (Å²) in [4.78, 5) is 28.5. The number of carbonyl (C=O) groups is 2. The highest BCUT2D eigenvalue weighted by Gasteiger charge is 2.29. The number of carbonyl (C=O) groups excluding carboxylic acids is 2. The van der Waals surface area contributed by atoms with Crippen LogP contribution in [0.1, 0.15) is 27.7 Å². The summed E-state index contributed by atoms with van der Waals surface area (Å²) in [7, 11) is 0. The molecule has 2 aromatic rings. The lowest BCUT2D eigenvalue weighted by molar-refractivity contribution is -0.146. The molecule has 0 aromatic heterocycles. The first kappa shape index (κ1) is 19.1. The van der Waals surface area contributed by atoms with Gasteiger partial charge in [0.25, 0.3) is 0 Å². The van der Waals surface area contributed by atoms with Gasteiger partial charge in [-0.1, -0.05) is 42.1 Å². The summed E-state index contributed by atoms with van der Waals surface area (Å²) in [5.74, 6) is -1.13. The van der Waals surface area contributed by atoms with Gasteiger partial charge < -0.3 is 10.2 Å². The van der Waals surface area contributed by atoms with Gasteiger partial charge in [0, 0.05) is 21.9 Å². The molecule has 25 heavy (non-hydrogen) atoms. The zero-order chi connectivity index (χ0) is 18.4. The molecule has 0 unspecified atom stereocenters. The number of rotatable bonds is 4. The maximum atomic E-state index is 12.5. The molecule has 0 radical (unpaired) electrons. The number of benzene rings is 2. The van der Waals surface area contributed by atoms with Crippen LogP contribution in [-0.2, 0) is 9.59 Å². The minimum absolute atomic E-state index is 0.401. The lowest BCUT2D eigenvalue weighted by Crippen LogP contribution is -2.49. The van der Waals surface area contributed by atoms with Crippen LogP contribution in [0.2, 0.25) is 0 Å². The zero-order valence-corrected chi connectivity index (χ0v) is 15.9. The van der Waals surface area contributed by atoms with E-state index in [1.165, 1.54) is 0 Å². The lowest BCUT2D eigenvalue weighted by Gasteiger charge is -2.34. The highest BCUT2D eigenvalue weighted by Crippen LogP contribution is 2.33. The molecule has 0 aliphatic carbocycles. The molecule has 4 nitrogen and oxygen atoms in total. The van der Waals surface area contributed by atoms with Crippen LogP contribution >= 0.6 is 11.8 Å². The van der Waals surface area contributed by atoms with Crippen LogP contribution in [0.15, 0.2) is 64.4 Å². The number of hydrogen-bond donors (Lipinski definition) is 1. The molecule has 0 aliphatic heterocycles. The fourth-order valence-corrected chi connectivity index (χ4v) is 3.42. The summed E-state index contributed by atoms with van der Waals surface area (Å²) in [6.45, 7) is 8.11. The third-order valence-electron chi connectivity index (χ3n) is 3.67. The van der Waals surface area contributed by atoms with Gasteiger partial charge in [0.05, 0.1) is 5.69 Å². The van der Waals surface area contributed by atoms with Crippen molar-refractivity contribution in [3.8, 4) is 0 Å². The van der Waals surface area contributed by atoms with Gasteiger partial charge in [-0.2, -0.15) is 0 Å². The number of amides is 2. The van der Waals surface area contributed by atoms with E-state index in [1.54, 1.807) is 16.7 Å². The maximum Gasteiger partial charge on any atom is 0.313 e. The molecule has 0 heterocycles. The number of nitrogens with one attached hydrogen (secondary N) is 1. The van der Waals surface area contributed by atoms with E-state index in [2.05, 4.69) is 5.32 Å². The first-order valence-electron chi connectivity index (χ1n) is 8.28. The van der Waals surface area contributed by atoms with Gasteiger partial charge in [-0.3, -0.25) is 9.59 Å². The molecule has 0 fully saturated rings. The van der Waals surface area contributed by atoms with E-state index >= 15 is 0 Å². The predicted octanol–water partition coefficient (Wildman–Crippen LogP) is 4.42. The monoisotopic (exact) mass is 356 g/mol. The summed E-state index contributed by atoms with van der Waals surface area (Å²) in [5, 5.41) is 2.77. The molecule has 0 saturated carbocycles. The van der Waals surface area contributed by atoms with Crippen LogP contribution in [0.4, 0.5) is 5.69 Å². The van der Waals surface area contributed by atoms with Crippen molar-refractivity contribution in [1.29, 1.82) is 0 Å². The Morgan fingerprint density at radius 2 is 1.60 bits per heavy atom. The fourth-order valence-electron chi connectivity index (χ4n) is 2.50. The number of likely N-dealkylation sites (N-methyl/N-ethyl adjacent to an activating group) is 1. The Balaban J connectivity index is 2.17. The predicted molar refractivity (Wildman–Crippen MR) is 103 cm³/mol. The summed E-state index contributed by atoms with van der Waals surface area (Å²) in [5.41, 5.74) is 0.237. The van der Waals surface area contributed by atoms with Crippen LogP contribution in [0.3, 0.4) is 0 Å². The standard InChI is InChI=1S/C20H24N2O2S/c1-5-22(20(2,3)4)19(24)18(23)21-16-13-9-10-14-17(16)25-15-11-7-6-8-12-15/h6-14H,5H2,1-4H3,(H,21,23). The van der Waals surface area contributed by atoms with Crippen LogP contribution < -0.4 is 5.32 Å². The first-order valence-corrected chi connectivity index (χ1v) is 9.09. The van der Waals surface area contributed by atoms with Crippen molar-refractivity contribution in [2.24, 2.45) is 0 Å². The second-order valence-corrected chi connectivity index (χ2v) is 7.70. The van der Waals surface area contributed by atoms with E-state index in [9.17, 15) is 9.59 Å². The highest BCUT2D eigenvalue weighted by atomic mass is 32.2. The number of anilines is 1. The average Bonchev–Trinajstić information content (AvgIpc) is 2.56. The third-order valence-corrected chi connectivity index (χ3v) is 4.76. The Morgan fingerprint density at radius 1 is 1.00 bits per heavy atom. The second-order valence-electron chi connectivity index (χ2n) is 6.59. The van der Waals surface area contributed by atoms with E-state index in [0.717, 1.165) is 9.79 Å². The molecule has 5 heteroatoms. The van der Waals surface area contributed by atoms with Crippen molar-refractivity contribution < 1.29 is 9.59 Å². The molecule has 0 aliphatic rings. The molecule has 2 rings (SSSR count). The Morgan fingerprint density at radius 3 is 2.20 bits per heavy atom. The topological polar surface area (TPSA) is 49.4 Å². The molecule has 2 aromatic carbocycles. The number of para-hydroxylation sites is 1. The maximum absolute atomic E-state index is 12.5. The fraction of sp³-hybridized carbons (Fsp3) is 0.300. The molecule has 2 amide bonds. The van der Waals surface area contributed by atoms with Gasteiger partial charge in [0.15, 0.2) is 0 Å². The number of hydrogen-bond acceptors (Lipinski definition) is 3. The van der Waals surface area contributed by atoms with Crippen molar-refractivity contribution in [3.63, 3.8) is 0 Å². The summed E-state index contributed by atoms with van der Waals surface area (Å²) < 4.78 is 0. The van der Waals surface area contributed by atoms with Crippen LogP contribution in [0.5, 0.6) is 0 Å². The van der Waals surface area contributed by atoms with Crippen molar-refractivity contribution in [2.75, 3.05) is 11.9 Å². The van der Waals surface area contributed by atoms with Crippen LogP contribution in [-0.4, -0.2) is 28.8 Å². The van der Waals surface area contributed by atoms with Gasteiger partial charge in [-0.25, -0.2) is 0 Å². The Hall–Kier alpha value is -2.27. The molecule has 132 valence electrons. The summed E-state index contributed by atoms with van der Waals surface area (Å²) >= 11 is 1.55. The van der Waals surface area contributed by atoms with Crippen molar-refractivity contribution in [2.45, 2.75) is 43.0 Å². The molecule has 0 saturated heterocycles. The van der Waals surface area contributed by atoms with Crippen molar-refractivity contribution in [1.82, 2.24) is 4.90 Å². The normalized spacial score (nSPS) is 11.0. The van der Waals surface area contributed by atoms with Crippen molar-refractivity contribution >= 4 is 29.3 Å². The SMILES string of the molecule is CCN(C(=O)C(=O)Nc1ccccc1Sc1ccccc1)C(C)(C)C. The highest BCUT2D eigenvalue weighted by molar-refractivity contribution is 7.99. The molecular formula is C20H24N2O2S. The Kier molecular flexibility index (Phi) is 6.26. The van der Waals surface area contributed by atoms with Gasteiger partial charge in [0.2, 0.25) is 0 Å². The van der Waals surface area contributed by atoms with Gasteiger partial charge in [-0.15, -0.1) is 0 Å². The minimum atomic E-state index is -0.613. The quantitative estimate of drug-likeness (QED) is 0.825. The summed E-state index contributed by atoms with van der Waals surface area (Å²) in [6, 6.07) is 17.4. The first-order chi connectivity index (χ1) is 11.8. The Bertz CT molecular complexity index is 739. The molecule has 0 bridgehead atoms. The van der Waals surface area contributed by atoms with E-state index in [-0.39, 0.29) is 0 Å². The summed E-state index contributed by atoms with van der Waals surface area (Å²) in [6.07, 6.45) is 0. The van der Waals surface area contributed by atoms with Gasteiger partial charge >= 0.3 is 11.8 Å². The van der Waals surface area contributed by atoms with Gasteiger partial charge in [0.1, 0.15) is 0 Å². The second kappa shape index (κ2) is 8.21. The Labute approximate surface area is 153 Å². The van der Waals surface area contributed by atoms with Crippen LogP contribution in [0.25, 0.3) is 0 Å². The van der Waals surface area contributed by atoms with Gasteiger partial charge in [-0.05, 0) is 52.0 Å². The smallest absolute Gasteiger partial charge is 0.313 e. The van der Waals surface area contributed by atoms with E-state index in [4.69, 9.17) is 0 Å². The lowest BCUT2D eigenvalue weighted by atomic mass is 10.1. The largest absolute Gasteiger partial charge is 0.330 e.